The molecule has 0 aliphatic rings. The van der Waals surface area contributed by atoms with Gasteiger partial charge in [-0.25, -0.2) is 0 Å². The summed E-state index contributed by atoms with van der Waals surface area (Å²) < 4.78 is 5.03. The number of benzene rings is 1. The van der Waals surface area contributed by atoms with Crippen LogP contribution in [0.3, 0.4) is 0 Å². The van der Waals surface area contributed by atoms with Crippen molar-refractivity contribution < 1.29 is 9.53 Å². The number of hydrogen-bond donors (Lipinski definition) is 2. The molecule has 1 rings (SSSR count). The largest absolute Gasteiger partial charge is 0.465 e. The zero-order valence-electron chi connectivity index (χ0n) is 10.7. The molecule has 0 aliphatic carbocycles. The number of carbonyl (C=O) groups excluding carboxylic acids is 1. The summed E-state index contributed by atoms with van der Waals surface area (Å²) in [5.41, 5.74) is 7.28. The van der Waals surface area contributed by atoms with E-state index in [0.29, 0.717) is 6.47 Å². The van der Waals surface area contributed by atoms with Crippen molar-refractivity contribution in [1.29, 1.82) is 5.41 Å². The van der Waals surface area contributed by atoms with Crippen LogP contribution in [-0.4, -0.2) is 18.4 Å². The molecular weight excluding hydrogens is 228 g/mol. The molecule has 0 saturated heterocycles. The third-order valence-corrected chi connectivity index (χ3v) is 2.88. The first kappa shape index (κ1) is 14.2. The average Bonchev–Trinajstić information content (AvgIpc) is 2.37. The van der Waals surface area contributed by atoms with Gasteiger partial charge in [0.05, 0.1) is 0 Å². The lowest BCUT2D eigenvalue weighted by Crippen LogP contribution is -2.13. The number of aryl methyl sites for hydroxylation is 1. The van der Waals surface area contributed by atoms with Crippen molar-refractivity contribution in [2.45, 2.75) is 38.7 Å². The van der Waals surface area contributed by atoms with Gasteiger partial charge in [-0.1, -0.05) is 37.6 Å². The SMILES string of the molecule is CCCC(CCc1ccc(C(=N)N)cc1)OC=O. The zero-order chi connectivity index (χ0) is 13.4. The van der Waals surface area contributed by atoms with Crippen LogP contribution in [0.25, 0.3) is 0 Å². The summed E-state index contributed by atoms with van der Waals surface area (Å²) in [5, 5.41) is 7.30. The van der Waals surface area contributed by atoms with Crippen molar-refractivity contribution >= 4 is 12.3 Å². The van der Waals surface area contributed by atoms with Gasteiger partial charge >= 0.3 is 0 Å². The third-order valence-electron chi connectivity index (χ3n) is 2.88. The molecule has 0 saturated carbocycles. The molecular formula is C14H20N2O2. The second-order valence-electron chi connectivity index (χ2n) is 4.29. The van der Waals surface area contributed by atoms with E-state index in [0.717, 1.165) is 36.8 Å². The summed E-state index contributed by atoms with van der Waals surface area (Å²) in [5.74, 6) is 0.0784. The summed E-state index contributed by atoms with van der Waals surface area (Å²) in [6, 6.07) is 7.60. The van der Waals surface area contributed by atoms with Crippen LogP contribution in [0.2, 0.25) is 0 Å². The molecule has 98 valence electrons. The van der Waals surface area contributed by atoms with Gasteiger partial charge in [-0.3, -0.25) is 10.2 Å². The third kappa shape index (κ3) is 4.57. The highest BCUT2D eigenvalue weighted by Gasteiger charge is 2.08. The van der Waals surface area contributed by atoms with Crippen LogP contribution in [0.15, 0.2) is 24.3 Å². The lowest BCUT2D eigenvalue weighted by atomic mass is 10.0. The number of ether oxygens (including phenoxy) is 1. The molecule has 0 spiro atoms. The average molecular weight is 248 g/mol. The molecule has 4 heteroatoms. The Kier molecular flexibility index (Phi) is 5.91. The van der Waals surface area contributed by atoms with E-state index >= 15 is 0 Å². The van der Waals surface area contributed by atoms with Gasteiger partial charge in [0.2, 0.25) is 0 Å². The second-order valence-corrected chi connectivity index (χ2v) is 4.29. The number of nitrogen functional groups attached to an aromatic ring is 1. The molecule has 0 radical (unpaired) electrons. The van der Waals surface area contributed by atoms with Gasteiger partial charge in [0.25, 0.3) is 6.47 Å². The highest BCUT2D eigenvalue weighted by atomic mass is 16.5. The first-order valence-electron chi connectivity index (χ1n) is 6.19. The number of rotatable bonds is 8. The van der Waals surface area contributed by atoms with Crippen molar-refractivity contribution in [2.75, 3.05) is 0 Å². The molecule has 0 amide bonds. The number of nitrogens with one attached hydrogen (secondary N) is 1. The topological polar surface area (TPSA) is 76.2 Å². The van der Waals surface area contributed by atoms with E-state index in [1.807, 2.05) is 24.3 Å². The fourth-order valence-corrected chi connectivity index (χ4v) is 1.86. The summed E-state index contributed by atoms with van der Waals surface area (Å²) >= 11 is 0. The summed E-state index contributed by atoms with van der Waals surface area (Å²) in [6.07, 6.45) is 3.58. The molecule has 0 aliphatic heterocycles. The normalized spacial score (nSPS) is 11.8. The highest BCUT2D eigenvalue weighted by Crippen LogP contribution is 2.12. The number of carbonyl (C=O) groups is 1. The first-order valence-corrected chi connectivity index (χ1v) is 6.19. The van der Waals surface area contributed by atoms with Gasteiger partial charge in [-0.2, -0.15) is 0 Å². The minimum Gasteiger partial charge on any atom is -0.465 e. The molecule has 1 unspecified atom stereocenters. The first-order chi connectivity index (χ1) is 8.67. The Balaban J connectivity index is 2.51. The lowest BCUT2D eigenvalue weighted by Gasteiger charge is -2.14. The monoisotopic (exact) mass is 248 g/mol. The van der Waals surface area contributed by atoms with Crippen LogP contribution in [0, 0.1) is 5.41 Å². The number of amidine groups is 1. The zero-order valence-corrected chi connectivity index (χ0v) is 10.7. The molecule has 0 fully saturated rings. The van der Waals surface area contributed by atoms with E-state index in [-0.39, 0.29) is 11.9 Å². The van der Waals surface area contributed by atoms with Crippen molar-refractivity contribution in [1.82, 2.24) is 0 Å². The molecule has 18 heavy (non-hydrogen) atoms. The summed E-state index contributed by atoms with van der Waals surface area (Å²) in [6.45, 7) is 2.60. The number of nitrogens with two attached hydrogens (primary N) is 1. The van der Waals surface area contributed by atoms with E-state index in [1.54, 1.807) is 0 Å². The van der Waals surface area contributed by atoms with Crippen molar-refractivity contribution in [3.05, 3.63) is 35.4 Å². The van der Waals surface area contributed by atoms with Crippen LogP contribution >= 0.6 is 0 Å². The van der Waals surface area contributed by atoms with Crippen molar-refractivity contribution in [2.24, 2.45) is 5.73 Å². The quantitative estimate of drug-likeness (QED) is 0.421. The molecule has 0 heterocycles. The van der Waals surface area contributed by atoms with Crippen LogP contribution in [0.5, 0.6) is 0 Å². The van der Waals surface area contributed by atoms with Crippen LogP contribution < -0.4 is 5.73 Å². The van der Waals surface area contributed by atoms with E-state index in [4.69, 9.17) is 15.9 Å². The Hall–Kier alpha value is -1.84. The van der Waals surface area contributed by atoms with Gasteiger partial charge in [0, 0.05) is 5.56 Å². The maximum absolute atomic E-state index is 10.4. The molecule has 3 N–H and O–H groups in total. The van der Waals surface area contributed by atoms with Gasteiger partial charge < -0.3 is 10.5 Å². The van der Waals surface area contributed by atoms with Crippen LogP contribution in [0.4, 0.5) is 0 Å². The maximum atomic E-state index is 10.4. The minimum absolute atomic E-state index is 0.0000152. The van der Waals surface area contributed by atoms with E-state index in [2.05, 4.69) is 6.92 Å². The lowest BCUT2D eigenvalue weighted by molar-refractivity contribution is -0.134. The van der Waals surface area contributed by atoms with Gasteiger partial charge in [-0.05, 0) is 24.8 Å². The molecule has 1 aromatic rings. The smallest absolute Gasteiger partial charge is 0.293 e. The summed E-state index contributed by atoms with van der Waals surface area (Å²) in [4.78, 5) is 10.4. The Morgan fingerprint density at radius 3 is 2.56 bits per heavy atom. The molecule has 1 aromatic carbocycles. The molecule has 1 atom stereocenters. The number of hydrogen-bond acceptors (Lipinski definition) is 3. The Morgan fingerprint density at radius 2 is 2.06 bits per heavy atom. The standard InChI is InChI=1S/C14H20N2O2/c1-2-3-13(18-10-17)9-6-11-4-7-12(8-5-11)14(15)16/h4-5,7-8,10,13H,2-3,6,9H2,1H3,(H3,15,16). The van der Waals surface area contributed by atoms with E-state index < -0.39 is 0 Å². The molecule has 4 nitrogen and oxygen atoms in total. The Morgan fingerprint density at radius 1 is 1.39 bits per heavy atom. The molecule has 0 aromatic heterocycles. The van der Waals surface area contributed by atoms with E-state index in [1.165, 1.54) is 0 Å². The van der Waals surface area contributed by atoms with Gasteiger partial charge in [0.15, 0.2) is 0 Å². The van der Waals surface area contributed by atoms with Gasteiger partial charge in [-0.15, -0.1) is 0 Å². The fourth-order valence-electron chi connectivity index (χ4n) is 1.86. The fraction of sp³-hybridized carbons (Fsp3) is 0.429. The van der Waals surface area contributed by atoms with E-state index in [9.17, 15) is 4.79 Å². The van der Waals surface area contributed by atoms with Crippen molar-refractivity contribution in [3.8, 4) is 0 Å². The van der Waals surface area contributed by atoms with Crippen LogP contribution in [-0.2, 0) is 16.0 Å². The van der Waals surface area contributed by atoms with Crippen molar-refractivity contribution in [3.63, 3.8) is 0 Å². The Bertz CT molecular complexity index is 387. The predicted octanol–water partition coefficient (Wildman–Crippen LogP) is 2.24. The minimum atomic E-state index is -0.0000152. The summed E-state index contributed by atoms with van der Waals surface area (Å²) in [7, 11) is 0. The maximum Gasteiger partial charge on any atom is 0.293 e. The van der Waals surface area contributed by atoms with Crippen LogP contribution in [0.1, 0.15) is 37.3 Å². The Labute approximate surface area is 108 Å². The van der Waals surface area contributed by atoms with Gasteiger partial charge in [0.1, 0.15) is 11.9 Å². The second kappa shape index (κ2) is 7.48. The molecule has 0 bridgehead atoms. The predicted molar refractivity (Wildman–Crippen MR) is 71.6 cm³/mol. The highest BCUT2D eigenvalue weighted by molar-refractivity contribution is 5.94.